The quantitative estimate of drug-likeness (QED) is 0.813. The Balaban J connectivity index is 2.30. The number of rotatable bonds is 7. The predicted octanol–water partition coefficient (Wildman–Crippen LogP) is 2.32. The topological polar surface area (TPSA) is 38.5 Å². The van der Waals surface area contributed by atoms with Gasteiger partial charge in [0.15, 0.2) is 0 Å². The Morgan fingerprint density at radius 3 is 2.76 bits per heavy atom. The molecule has 0 spiro atoms. The highest BCUT2D eigenvalue weighted by Gasteiger charge is 2.25. The summed E-state index contributed by atoms with van der Waals surface area (Å²) in [5, 5.41) is 2.11. The minimum Gasteiger partial charge on any atom is -0.377 e. The summed E-state index contributed by atoms with van der Waals surface area (Å²) in [5.74, 6) is 0. The van der Waals surface area contributed by atoms with Crippen LogP contribution in [0.3, 0.4) is 0 Å². The molecule has 1 heterocycles. The Morgan fingerprint density at radius 1 is 1.53 bits per heavy atom. The standard InChI is InChI=1S/C13H24N2OS/c1-13(2,16-4)12(14)7-8-15(3)10-11-6-5-9-17-11/h5-6,9,12H,7-8,10,14H2,1-4H3. The lowest BCUT2D eigenvalue weighted by atomic mass is 9.96. The molecule has 0 saturated carbocycles. The van der Waals surface area contributed by atoms with Crippen LogP contribution in [0.1, 0.15) is 25.1 Å². The Morgan fingerprint density at radius 2 is 2.24 bits per heavy atom. The van der Waals surface area contributed by atoms with Gasteiger partial charge in [-0.2, -0.15) is 0 Å². The fraction of sp³-hybridized carbons (Fsp3) is 0.692. The van der Waals surface area contributed by atoms with Crippen molar-refractivity contribution < 1.29 is 4.74 Å². The number of nitrogens with zero attached hydrogens (tertiary/aromatic N) is 1. The molecule has 0 radical (unpaired) electrons. The minimum absolute atomic E-state index is 0.0679. The van der Waals surface area contributed by atoms with Crippen LogP contribution in [0, 0.1) is 0 Å². The molecule has 1 rings (SSSR count). The van der Waals surface area contributed by atoms with E-state index >= 15 is 0 Å². The lowest BCUT2D eigenvalue weighted by molar-refractivity contribution is -0.00332. The highest BCUT2D eigenvalue weighted by molar-refractivity contribution is 7.09. The van der Waals surface area contributed by atoms with Crippen molar-refractivity contribution >= 4 is 11.3 Å². The number of thiophene rings is 1. The van der Waals surface area contributed by atoms with Gasteiger partial charge in [-0.25, -0.2) is 0 Å². The van der Waals surface area contributed by atoms with E-state index < -0.39 is 0 Å². The Labute approximate surface area is 109 Å². The summed E-state index contributed by atoms with van der Waals surface area (Å²) in [6, 6.07) is 4.33. The van der Waals surface area contributed by atoms with Gasteiger partial charge < -0.3 is 15.4 Å². The van der Waals surface area contributed by atoms with Gasteiger partial charge in [-0.3, -0.25) is 0 Å². The molecule has 0 saturated heterocycles. The first-order chi connectivity index (χ1) is 7.95. The SMILES string of the molecule is COC(C)(C)C(N)CCN(C)Cc1cccs1. The van der Waals surface area contributed by atoms with Crippen LogP contribution in [0.5, 0.6) is 0 Å². The molecule has 3 nitrogen and oxygen atoms in total. The molecule has 0 aliphatic rings. The monoisotopic (exact) mass is 256 g/mol. The Kier molecular flexibility index (Phi) is 5.59. The van der Waals surface area contributed by atoms with Crippen LogP contribution in [-0.4, -0.2) is 37.2 Å². The summed E-state index contributed by atoms with van der Waals surface area (Å²) in [4.78, 5) is 3.70. The number of nitrogens with two attached hydrogens (primary N) is 1. The van der Waals surface area contributed by atoms with Crippen molar-refractivity contribution in [2.75, 3.05) is 20.7 Å². The summed E-state index contributed by atoms with van der Waals surface area (Å²) in [5.41, 5.74) is 5.89. The van der Waals surface area contributed by atoms with Crippen LogP contribution in [0.2, 0.25) is 0 Å². The van der Waals surface area contributed by atoms with E-state index in [4.69, 9.17) is 10.5 Å². The second-order valence-corrected chi connectivity index (χ2v) is 6.05. The molecule has 0 aliphatic carbocycles. The summed E-state index contributed by atoms with van der Waals surface area (Å²) < 4.78 is 5.40. The number of methoxy groups -OCH3 is 1. The molecule has 98 valence electrons. The van der Waals surface area contributed by atoms with E-state index in [9.17, 15) is 0 Å². The zero-order valence-corrected chi connectivity index (χ0v) is 12.1. The molecule has 1 unspecified atom stereocenters. The van der Waals surface area contributed by atoms with Crippen LogP contribution in [-0.2, 0) is 11.3 Å². The molecule has 4 heteroatoms. The summed E-state index contributed by atoms with van der Waals surface area (Å²) in [6.45, 7) is 6.07. The third kappa shape index (κ3) is 4.76. The second kappa shape index (κ2) is 6.50. The van der Waals surface area contributed by atoms with Gasteiger partial charge in [-0.05, 0) is 45.3 Å². The van der Waals surface area contributed by atoms with E-state index in [0.717, 1.165) is 19.5 Å². The molecule has 1 atom stereocenters. The van der Waals surface area contributed by atoms with Crippen LogP contribution in [0.4, 0.5) is 0 Å². The van der Waals surface area contributed by atoms with E-state index in [2.05, 4.69) is 29.5 Å². The van der Waals surface area contributed by atoms with Crippen LogP contribution in [0.25, 0.3) is 0 Å². The van der Waals surface area contributed by atoms with E-state index in [1.165, 1.54) is 4.88 Å². The highest BCUT2D eigenvalue weighted by Crippen LogP contribution is 2.16. The predicted molar refractivity (Wildman–Crippen MR) is 74.3 cm³/mol. The van der Waals surface area contributed by atoms with Crippen LogP contribution in [0.15, 0.2) is 17.5 Å². The lowest BCUT2D eigenvalue weighted by Crippen LogP contribution is -2.46. The number of hydrogen-bond acceptors (Lipinski definition) is 4. The zero-order chi connectivity index (χ0) is 12.9. The molecule has 0 aromatic carbocycles. The lowest BCUT2D eigenvalue weighted by Gasteiger charge is -2.31. The van der Waals surface area contributed by atoms with Crippen molar-refractivity contribution in [2.45, 2.75) is 38.5 Å². The number of hydrogen-bond donors (Lipinski definition) is 1. The van der Waals surface area contributed by atoms with E-state index in [1.54, 1.807) is 18.4 Å². The second-order valence-electron chi connectivity index (χ2n) is 5.02. The third-order valence-corrected chi connectivity index (χ3v) is 4.11. The average Bonchev–Trinajstić information content (AvgIpc) is 2.78. The molecular formula is C13H24N2OS. The summed E-state index contributed by atoms with van der Waals surface area (Å²) in [7, 11) is 3.85. The maximum absolute atomic E-state index is 6.13. The van der Waals surface area contributed by atoms with Crippen LogP contribution >= 0.6 is 11.3 Å². The van der Waals surface area contributed by atoms with Crippen molar-refractivity contribution in [3.05, 3.63) is 22.4 Å². The van der Waals surface area contributed by atoms with E-state index in [1.807, 2.05) is 13.8 Å². The maximum atomic E-state index is 6.13. The highest BCUT2D eigenvalue weighted by atomic mass is 32.1. The number of ether oxygens (including phenoxy) is 1. The molecular weight excluding hydrogens is 232 g/mol. The summed E-state index contributed by atoms with van der Waals surface area (Å²) >= 11 is 1.80. The summed E-state index contributed by atoms with van der Waals surface area (Å²) in [6.07, 6.45) is 0.947. The van der Waals surface area contributed by atoms with Gasteiger partial charge in [0.05, 0.1) is 5.60 Å². The van der Waals surface area contributed by atoms with Gasteiger partial charge in [0.1, 0.15) is 0 Å². The first-order valence-corrected chi connectivity index (χ1v) is 6.85. The molecule has 0 fully saturated rings. The van der Waals surface area contributed by atoms with Gasteiger partial charge in [0, 0.05) is 24.6 Å². The average molecular weight is 256 g/mol. The molecule has 1 aromatic heterocycles. The van der Waals surface area contributed by atoms with E-state index in [0.29, 0.717) is 0 Å². The van der Waals surface area contributed by atoms with Crippen molar-refractivity contribution in [1.82, 2.24) is 4.90 Å². The largest absolute Gasteiger partial charge is 0.377 e. The van der Waals surface area contributed by atoms with Crippen molar-refractivity contribution in [3.63, 3.8) is 0 Å². The van der Waals surface area contributed by atoms with Crippen molar-refractivity contribution in [2.24, 2.45) is 5.73 Å². The first kappa shape index (κ1) is 14.6. The van der Waals surface area contributed by atoms with Crippen LogP contribution < -0.4 is 5.73 Å². The normalized spacial score (nSPS) is 14.2. The Hall–Kier alpha value is -0.420. The minimum atomic E-state index is -0.246. The third-order valence-electron chi connectivity index (χ3n) is 3.25. The fourth-order valence-electron chi connectivity index (χ4n) is 1.61. The zero-order valence-electron chi connectivity index (χ0n) is 11.3. The molecule has 17 heavy (non-hydrogen) atoms. The maximum Gasteiger partial charge on any atom is 0.0773 e. The Bertz CT molecular complexity index is 311. The van der Waals surface area contributed by atoms with Gasteiger partial charge in [0.25, 0.3) is 0 Å². The van der Waals surface area contributed by atoms with Gasteiger partial charge in [-0.15, -0.1) is 11.3 Å². The molecule has 0 bridgehead atoms. The van der Waals surface area contributed by atoms with Crippen molar-refractivity contribution in [3.8, 4) is 0 Å². The van der Waals surface area contributed by atoms with Crippen molar-refractivity contribution in [1.29, 1.82) is 0 Å². The molecule has 0 amide bonds. The van der Waals surface area contributed by atoms with Gasteiger partial charge in [0.2, 0.25) is 0 Å². The van der Waals surface area contributed by atoms with Gasteiger partial charge >= 0.3 is 0 Å². The van der Waals surface area contributed by atoms with E-state index in [-0.39, 0.29) is 11.6 Å². The molecule has 1 aromatic rings. The fourth-order valence-corrected chi connectivity index (χ4v) is 2.39. The van der Waals surface area contributed by atoms with Gasteiger partial charge in [-0.1, -0.05) is 6.07 Å². The first-order valence-electron chi connectivity index (χ1n) is 5.97. The smallest absolute Gasteiger partial charge is 0.0773 e. The molecule has 0 aliphatic heterocycles. The molecule has 2 N–H and O–H groups in total.